The molecule has 2 aromatic heterocycles. The number of nitrogen functional groups attached to an aromatic ring is 1. The molecule has 9 nitrogen and oxygen atoms in total. The molecule has 0 radical (unpaired) electrons. The fourth-order valence-corrected chi connectivity index (χ4v) is 5.47. The number of halogens is 3. The molecule has 0 unspecified atom stereocenters. The molecule has 232 valence electrons. The highest BCUT2D eigenvalue weighted by Gasteiger charge is 2.31. The van der Waals surface area contributed by atoms with Crippen molar-refractivity contribution in [2.45, 2.75) is 58.9 Å². The molecule has 0 saturated heterocycles. The van der Waals surface area contributed by atoms with Crippen molar-refractivity contribution in [3.8, 4) is 16.9 Å². The van der Waals surface area contributed by atoms with Crippen LogP contribution in [-0.4, -0.2) is 45.8 Å². The quantitative estimate of drug-likeness (QED) is 0.213. The van der Waals surface area contributed by atoms with Gasteiger partial charge in [0.15, 0.2) is 0 Å². The first-order valence-corrected chi connectivity index (χ1v) is 14.6. The minimum Gasteiger partial charge on any atom is -0.406 e. The zero-order chi connectivity index (χ0) is 31.4. The second-order valence-corrected chi connectivity index (χ2v) is 11.3. The van der Waals surface area contributed by atoms with Crippen LogP contribution in [0.2, 0.25) is 0 Å². The van der Waals surface area contributed by atoms with Crippen LogP contribution >= 0.6 is 0 Å². The van der Waals surface area contributed by atoms with E-state index in [1.54, 1.807) is 11.0 Å². The van der Waals surface area contributed by atoms with Crippen molar-refractivity contribution in [2.24, 2.45) is 5.92 Å². The van der Waals surface area contributed by atoms with E-state index in [1.807, 2.05) is 29.0 Å². The van der Waals surface area contributed by atoms with E-state index in [9.17, 15) is 22.8 Å². The molecule has 1 aliphatic rings. The van der Waals surface area contributed by atoms with Gasteiger partial charge in [0.05, 0.1) is 11.8 Å². The zero-order valence-electron chi connectivity index (χ0n) is 24.7. The molecule has 0 fully saturated rings. The van der Waals surface area contributed by atoms with E-state index in [0.717, 1.165) is 34.2 Å². The van der Waals surface area contributed by atoms with Crippen LogP contribution in [0.25, 0.3) is 22.2 Å². The molecule has 4 aromatic rings. The molecule has 1 aliphatic heterocycles. The predicted octanol–water partition coefficient (Wildman–Crippen LogP) is 5.65. The van der Waals surface area contributed by atoms with E-state index in [-0.39, 0.29) is 24.0 Å². The van der Waals surface area contributed by atoms with Gasteiger partial charge in [-0.2, -0.15) is 0 Å². The van der Waals surface area contributed by atoms with Crippen LogP contribution in [0.1, 0.15) is 44.2 Å². The summed E-state index contributed by atoms with van der Waals surface area (Å²) < 4.78 is 43.9. The summed E-state index contributed by atoms with van der Waals surface area (Å²) in [6.07, 6.45) is 1.28. The molecule has 2 amide bonds. The van der Waals surface area contributed by atoms with Gasteiger partial charge < -0.3 is 25.3 Å². The van der Waals surface area contributed by atoms with Crippen molar-refractivity contribution in [3.63, 3.8) is 0 Å². The van der Waals surface area contributed by atoms with Crippen LogP contribution in [-0.2, 0) is 29.0 Å². The van der Waals surface area contributed by atoms with Gasteiger partial charge >= 0.3 is 6.36 Å². The highest BCUT2D eigenvalue weighted by atomic mass is 19.4. The van der Waals surface area contributed by atoms with Crippen LogP contribution in [0.15, 0.2) is 55.0 Å². The van der Waals surface area contributed by atoms with Gasteiger partial charge in [-0.05, 0) is 66.1 Å². The molecule has 0 atom stereocenters. The van der Waals surface area contributed by atoms with E-state index < -0.39 is 6.36 Å². The molecule has 44 heavy (non-hydrogen) atoms. The van der Waals surface area contributed by atoms with Gasteiger partial charge in [0.2, 0.25) is 11.8 Å². The van der Waals surface area contributed by atoms with Crippen LogP contribution in [0.3, 0.4) is 0 Å². The molecule has 0 aliphatic carbocycles. The molecule has 0 spiro atoms. The molecule has 5 rings (SSSR count). The number of anilines is 2. The largest absolute Gasteiger partial charge is 0.573 e. The lowest BCUT2D eigenvalue weighted by Gasteiger charge is -2.18. The summed E-state index contributed by atoms with van der Waals surface area (Å²) in [6.45, 7) is 5.83. The van der Waals surface area contributed by atoms with E-state index in [1.165, 1.54) is 24.5 Å². The zero-order valence-corrected chi connectivity index (χ0v) is 24.7. The minimum atomic E-state index is -4.80. The van der Waals surface area contributed by atoms with Crippen molar-refractivity contribution in [2.75, 3.05) is 23.7 Å². The average Bonchev–Trinajstić information content (AvgIpc) is 3.56. The number of fused-ring (bicyclic) bond motifs is 2. The van der Waals surface area contributed by atoms with Gasteiger partial charge in [-0.25, -0.2) is 9.97 Å². The Kier molecular flexibility index (Phi) is 9.07. The van der Waals surface area contributed by atoms with Crippen molar-refractivity contribution >= 4 is 34.4 Å². The number of benzene rings is 2. The van der Waals surface area contributed by atoms with Gasteiger partial charge in [0, 0.05) is 43.5 Å². The Labute approximate surface area is 253 Å². The lowest BCUT2D eigenvalue weighted by Crippen LogP contribution is -2.30. The van der Waals surface area contributed by atoms with E-state index in [2.05, 4.69) is 33.9 Å². The number of ether oxygens (including phenoxy) is 1. The Morgan fingerprint density at radius 2 is 1.95 bits per heavy atom. The number of nitrogens with one attached hydrogen (secondary N) is 1. The van der Waals surface area contributed by atoms with Gasteiger partial charge in [-0.15, -0.1) is 13.2 Å². The van der Waals surface area contributed by atoms with Crippen LogP contribution in [0.4, 0.5) is 24.7 Å². The first-order valence-electron chi connectivity index (χ1n) is 14.6. The second kappa shape index (κ2) is 12.9. The lowest BCUT2D eigenvalue weighted by molar-refractivity contribution is -0.274. The fourth-order valence-electron chi connectivity index (χ4n) is 5.47. The number of hydrogen-bond acceptors (Lipinski definition) is 6. The number of nitrogens with zero attached hydrogens (tertiary/aromatic N) is 4. The summed E-state index contributed by atoms with van der Waals surface area (Å²) in [5.41, 5.74) is 11.0. The van der Waals surface area contributed by atoms with E-state index in [4.69, 9.17) is 5.73 Å². The van der Waals surface area contributed by atoms with Crippen LogP contribution in [0.5, 0.6) is 5.75 Å². The van der Waals surface area contributed by atoms with Crippen LogP contribution < -0.4 is 20.7 Å². The molecule has 0 saturated carbocycles. The first kappa shape index (κ1) is 30.8. The third-order valence-electron chi connectivity index (χ3n) is 7.60. The third-order valence-corrected chi connectivity index (χ3v) is 7.60. The Morgan fingerprint density at radius 3 is 2.73 bits per heavy atom. The Morgan fingerprint density at radius 1 is 1.14 bits per heavy atom. The van der Waals surface area contributed by atoms with Gasteiger partial charge in [0.1, 0.15) is 23.5 Å². The number of aromatic nitrogens is 3. The smallest absolute Gasteiger partial charge is 0.406 e. The Hall–Kier alpha value is -4.61. The third kappa shape index (κ3) is 7.29. The van der Waals surface area contributed by atoms with Gasteiger partial charge in [-0.1, -0.05) is 32.0 Å². The van der Waals surface area contributed by atoms with Crippen LogP contribution in [0, 0.1) is 5.92 Å². The predicted molar refractivity (Wildman–Crippen MR) is 162 cm³/mol. The van der Waals surface area contributed by atoms with Crippen molar-refractivity contribution in [3.05, 3.63) is 66.1 Å². The second-order valence-electron chi connectivity index (χ2n) is 11.3. The number of alkyl halides is 3. The monoisotopic (exact) mass is 608 g/mol. The molecular weight excluding hydrogens is 573 g/mol. The standard InChI is InChI=1S/C32H35F3N6O3/c1-20(2)7-10-27(42)37-12-4-13-40-18-25(29-30(36)38-19-39-31(29)40)22-8-9-26-23(17-22)11-14-41(26)28(43)16-21-5-3-6-24(15-21)44-32(33,34)35/h3,5-6,8-9,15,17-20H,4,7,10-14,16H2,1-2H3,(H,37,42)(H2,36,38,39). The normalized spacial score (nSPS) is 13.0. The number of aryl methyl sites for hydroxylation is 1. The Balaban J connectivity index is 1.30. The molecule has 0 bridgehead atoms. The number of rotatable bonds is 11. The maximum absolute atomic E-state index is 13.2. The van der Waals surface area contributed by atoms with Gasteiger partial charge in [0.25, 0.3) is 0 Å². The number of nitrogens with two attached hydrogens (primary N) is 1. The first-order chi connectivity index (χ1) is 21.0. The van der Waals surface area contributed by atoms with Crippen molar-refractivity contribution < 1.29 is 27.5 Å². The summed E-state index contributed by atoms with van der Waals surface area (Å²) in [4.78, 5) is 35.6. The summed E-state index contributed by atoms with van der Waals surface area (Å²) in [5, 5.41) is 3.72. The van der Waals surface area contributed by atoms with Crippen molar-refractivity contribution in [1.82, 2.24) is 19.9 Å². The highest BCUT2D eigenvalue weighted by Crippen LogP contribution is 2.37. The molecule has 3 heterocycles. The van der Waals surface area contributed by atoms with E-state index >= 15 is 0 Å². The fraction of sp³-hybridized carbons (Fsp3) is 0.375. The number of carbonyl (C=O) groups is 2. The summed E-state index contributed by atoms with van der Waals surface area (Å²) in [7, 11) is 0. The average molecular weight is 609 g/mol. The minimum absolute atomic E-state index is 0.0537. The topological polar surface area (TPSA) is 115 Å². The SMILES string of the molecule is CC(C)CCC(=O)NCCCn1cc(-c2ccc3c(c2)CCN3C(=O)Cc2cccc(OC(F)(F)F)c2)c2c(N)ncnc21. The number of amides is 2. The number of carbonyl (C=O) groups excluding carboxylic acids is 2. The molecule has 12 heteroatoms. The van der Waals surface area contributed by atoms with Crippen molar-refractivity contribution in [1.29, 1.82) is 0 Å². The van der Waals surface area contributed by atoms with E-state index in [0.29, 0.717) is 61.8 Å². The molecule has 3 N–H and O–H groups in total. The Bertz CT molecular complexity index is 1670. The van der Waals surface area contributed by atoms with Gasteiger partial charge in [-0.3, -0.25) is 9.59 Å². The summed E-state index contributed by atoms with van der Waals surface area (Å²) >= 11 is 0. The lowest BCUT2D eigenvalue weighted by atomic mass is 10.0. The number of hydrogen-bond donors (Lipinski definition) is 2. The molecular formula is C32H35F3N6O3. The maximum atomic E-state index is 13.2. The summed E-state index contributed by atoms with van der Waals surface area (Å²) in [5.74, 6) is 0.318. The highest BCUT2D eigenvalue weighted by molar-refractivity contribution is 6.02. The molecule has 2 aromatic carbocycles. The summed E-state index contributed by atoms with van der Waals surface area (Å²) in [6, 6.07) is 11.3. The maximum Gasteiger partial charge on any atom is 0.573 e.